The van der Waals surface area contributed by atoms with Crippen LogP contribution in [0, 0.1) is 17.3 Å². The van der Waals surface area contributed by atoms with Gasteiger partial charge in [-0.1, -0.05) is 39.8 Å². The van der Waals surface area contributed by atoms with E-state index in [4.69, 9.17) is 9.47 Å². The smallest absolute Gasteiger partial charge is 0.309 e. The molecule has 0 radical (unpaired) electrons. The topological polar surface area (TPSA) is 35.5 Å². The Labute approximate surface area is 121 Å². The van der Waals surface area contributed by atoms with Gasteiger partial charge in [0.25, 0.3) is 0 Å². The van der Waals surface area contributed by atoms with E-state index in [2.05, 4.69) is 20.8 Å². The zero-order valence-corrected chi connectivity index (χ0v) is 13.0. The molecule has 0 bridgehead atoms. The minimum absolute atomic E-state index is 0.0722. The first-order valence-electron chi connectivity index (χ1n) is 7.23. The molecule has 20 heavy (non-hydrogen) atoms. The molecule has 3 nitrogen and oxygen atoms in total. The minimum atomic E-state index is -0.168. The number of ether oxygens (including phenoxy) is 2. The van der Waals surface area contributed by atoms with Crippen LogP contribution in [0.1, 0.15) is 45.8 Å². The van der Waals surface area contributed by atoms with Crippen LogP contribution < -0.4 is 4.74 Å². The molecule has 2 rings (SSSR count). The normalized spacial score (nSPS) is 29.6. The average Bonchev–Trinajstić information content (AvgIpc) is 2.63. The van der Waals surface area contributed by atoms with Gasteiger partial charge in [0.15, 0.2) is 0 Å². The molecule has 0 spiro atoms. The standard InChI is InChI=1S/C17H24O3/c1-11(2)10-17(4)12(3)16(18)20-15(17)13-6-8-14(19-5)9-7-13/h6-9,11-12,15H,10H2,1-5H3/t12-,15-,17-/m0/s1. The van der Waals surface area contributed by atoms with Crippen molar-refractivity contribution in [2.45, 2.75) is 40.2 Å². The molecule has 1 fully saturated rings. The number of rotatable bonds is 4. The van der Waals surface area contributed by atoms with Gasteiger partial charge in [-0.3, -0.25) is 4.79 Å². The van der Waals surface area contributed by atoms with E-state index in [1.54, 1.807) is 7.11 Å². The maximum Gasteiger partial charge on any atom is 0.309 e. The molecule has 0 unspecified atom stereocenters. The second-order valence-corrected chi connectivity index (χ2v) is 6.42. The van der Waals surface area contributed by atoms with Crippen LogP contribution in [0.3, 0.4) is 0 Å². The Bertz CT molecular complexity index is 478. The Morgan fingerprint density at radius 3 is 2.40 bits per heavy atom. The molecule has 0 saturated carbocycles. The predicted octanol–water partition coefficient (Wildman–Crippen LogP) is 3.98. The number of hydrogen-bond donors (Lipinski definition) is 0. The zero-order valence-electron chi connectivity index (χ0n) is 13.0. The van der Waals surface area contributed by atoms with Crippen LogP contribution in [-0.4, -0.2) is 13.1 Å². The van der Waals surface area contributed by atoms with Gasteiger partial charge in [0.05, 0.1) is 13.0 Å². The van der Waals surface area contributed by atoms with E-state index in [0.29, 0.717) is 5.92 Å². The monoisotopic (exact) mass is 276 g/mol. The minimum Gasteiger partial charge on any atom is -0.497 e. The maximum atomic E-state index is 12.0. The van der Waals surface area contributed by atoms with Crippen LogP contribution in [0.15, 0.2) is 24.3 Å². The predicted molar refractivity (Wildman–Crippen MR) is 78.6 cm³/mol. The maximum absolute atomic E-state index is 12.0. The van der Waals surface area contributed by atoms with E-state index in [1.165, 1.54) is 0 Å². The lowest BCUT2D eigenvalue weighted by atomic mass is 9.69. The summed E-state index contributed by atoms with van der Waals surface area (Å²) in [4.78, 5) is 12.0. The number of carbonyl (C=O) groups excluding carboxylic acids is 1. The van der Waals surface area contributed by atoms with Gasteiger partial charge in [-0.2, -0.15) is 0 Å². The molecule has 0 aromatic heterocycles. The van der Waals surface area contributed by atoms with Crippen LogP contribution in [0.25, 0.3) is 0 Å². The van der Waals surface area contributed by atoms with E-state index >= 15 is 0 Å². The van der Waals surface area contributed by atoms with E-state index in [1.807, 2.05) is 31.2 Å². The van der Waals surface area contributed by atoms with Crippen molar-refractivity contribution >= 4 is 5.97 Å². The van der Waals surface area contributed by atoms with Crippen molar-refractivity contribution < 1.29 is 14.3 Å². The van der Waals surface area contributed by atoms with Gasteiger partial charge in [0.2, 0.25) is 0 Å². The summed E-state index contributed by atoms with van der Waals surface area (Å²) >= 11 is 0. The Balaban J connectivity index is 2.34. The van der Waals surface area contributed by atoms with Gasteiger partial charge in [0, 0.05) is 5.41 Å². The number of methoxy groups -OCH3 is 1. The molecular formula is C17H24O3. The second kappa shape index (κ2) is 5.47. The summed E-state index contributed by atoms with van der Waals surface area (Å²) in [5.74, 6) is 1.18. The lowest BCUT2D eigenvalue weighted by Crippen LogP contribution is -2.29. The number of carbonyl (C=O) groups is 1. The summed E-state index contributed by atoms with van der Waals surface area (Å²) in [6.45, 7) is 8.52. The van der Waals surface area contributed by atoms with Gasteiger partial charge in [-0.05, 0) is 30.0 Å². The molecule has 1 aliphatic rings. The van der Waals surface area contributed by atoms with E-state index < -0.39 is 0 Å². The number of esters is 1. The van der Waals surface area contributed by atoms with Crippen LogP contribution in [-0.2, 0) is 9.53 Å². The molecule has 1 saturated heterocycles. The molecule has 3 heteroatoms. The van der Waals surface area contributed by atoms with Crippen LogP contribution in [0.5, 0.6) is 5.75 Å². The van der Waals surface area contributed by atoms with Crippen molar-refractivity contribution in [2.24, 2.45) is 17.3 Å². The number of cyclic esters (lactones) is 1. The number of hydrogen-bond acceptors (Lipinski definition) is 3. The van der Waals surface area contributed by atoms with Gasteiger partial charge in [0.1, 0.15) is 11.9 Å². The summed E-state index contributed by atoms with van der Waals surface area (Å²) in [5.41, 5.74) is 0.895. The third-order valence-corrected chi connectivity index (χ3v) is 4.44. The first-order valence-corrected chi connectivity index (χ1v) is 7.23. The first kappa shape index (κ1) is 14.9. The van der Waals surface area contributed by atoms with E-state index in [-0.39, 0.29) is 23.4 Å². The summed E-state index contributed by atoms with van der Waals surface area (Å²) < 4.78 is 10.9. The van der Waals surface area contributed by atoms with Crippen molar-refractivity contribution in [3.05, 3.63) is 29.8 Å². The molecule has 110 valence electrons. The average molecular weight is 276 g/mol. The summed E-state index contributed by atoms with van der Waals surface area (Å²) in [6, 6.07) is 7.82. The number of benzene rings is 1. The fourth-order valence-electron chi connectivity index (χ4n) is 3.24. The fraction of sp³-hybridized carbons (Fsp3) is 0.588. The third-order valence-electron chi connectivity index (χ3n) is 4.44. The molecule has 1 heterocycles. The molecule has 1 aliphatic heterocycles. The molecule has 0 aliphatic carbocycles. The van der Waals surface area contributed by atoms with Crippen molar-refractivity contribution in [3.63, 3.8) is 0 Å². The Morgan fingerprint density at radius 2 is 1.90 bits per heavy atom. The highest BCUT2D eigenvalue weighted by atomic mass is 16.6. The Kier molecular flexibility index (Phi) is 4.07. The summed E-state index contributed by atoms with van der Waals surface area (Å²) in [7, 11) is 1.65. The Morgan fingerprint density at radius 1 is 1.30 bits per heavy atom. The van der Waals surface area contributed by atoms with E-state index in [0.717, 1.165) is 17.7 Å². The molecule has 0 N–H and O–H groups in total. The SMILES string of the molecule is COc1ccc([C@@H]2OC(=O)[C@H](C)[C@]2(C)CC(C)C)cc1. The van der Waals surface area contributed by atoms with Gasteiger partial charge < -0.3 is 9.47 Å². The van der Waals surface area contributed by atoms with Crippen LogP contribution in [0.2, 0.25) is 0 Å². The lowest BCUT2D eigenvalue weighted by Gasteiger charge is -2.33. The molecule has 0 amide bonds. The van der Waals surface area contributed by atoms with Crippen molar-refractivity contribution in [3.8, 4) is 5.75 Å². The molecular weight excluding hydrogens is 252 g/mol. The Hall–Kier alpha value is -1.51. The fourth-order valence-corrected chi connectivity index (χ4v) is 3.24. The van der Waals surface area contributed by atoms with E-state index in [9.17, 15) is 4.79 Å². The van der Waals surface area contributed by atoms with Gasteiger partial charge in [-0.25, -0.2) is 0 Å². The molecule has 3 atom stereocenters. The quantitative estimate of drug-likeness (QED) is 0.780. The molecule has 1 aromatic carbocycles. The highest BCUT2D eigenvalue weighted by Gasteiger charge is 2.52. The summed E-state index contributed by atoms with van der Waals surface area (Å²) in [6.07, 6.45) is 0.801. The first-order chi connectivity index (χ1) is 9.38. The van der Waals surface area contributed by atoms with Crippen LogP contribution >= 0.6 is 0 Å². The van der Waals surface area contributed by atoms with Crippen molar-refractivity contribution in [1.82, 2.24) is 0 Å². The second-order valence-electron chi connectivity index (χ2n) is 6.42. The largest absolute Gasteiger partial charge is 0.497 e. The highest BCUT2D eigenvalue weighted by Crippen LogP contribution is 2.52. The van der Waals surface area contributed by atoms with Crippen LogP contribution in [0.4, 0.5) is 0 Å². The van der Waals surface area contributed by atoms with Gasteiger partial charge in [-0.15, -0.1) is 0 Å². The third kappa shape index (κ3) is 2.54. The highest BCUT2D eigenvalue weighted by molar-refractivity contribution is 5.76. The lowest BCUT2D eigenvalue weighted by molar-refractivity contribution is -0.144. The zero-order chi connectivity index (χ0) is 14.9. The summed E-state index contributed by atoms with van der Waals surface area (Å²) in [5, 5.41) is 0. The van der Waals surface area contributed by atoms with Crippen molar-refractivity contribution in [2.75, 3.05) is 7.11 Å². The van der Waals surface area contributed by atoms with Gasteiger partial charge >= 0.3 is 5.97 Å². The van der Waals surface area contributed by atoms with Crippen molar-refractivity contribution in [1.29, 1.82) is 0 Å². The molecule has 1 aromatic rings.